The predicted molar refractivity (Wildman–Crippen MR) is 137 cm³/mol. The van der Waals surface area contributed by atoms with Crippen molar-refractivity contribution < 1.29 is 23.9 Å². The average Bonchev–Trinajstić information content (AvgIpc) is 3.42. The van der Waals surface area contributed by atoms with Gasteiger partial charge in [-0.3, -0.25) is 14.4 Å². The number of unbranched alkanes of at least 4 members (excludes halogenated alkanes) is 1. The minimum atomic E-state index is -0.918. The number of para-hydroxylation sites is 2. The van der Waals surface area contributed by atoms with Gasteiger partial charge in [-0.05, 0) is 55.3 Å². The highest BCUT2D eigenvalue weighted by molar-refractivity contribution is 6.23. The number of hydroxylamine groups is 1. The Hall–Kier alpha value is -3.84. The molecular weight excluding hydrogens is 456 g/mol. The molecule has 3 aromatic carbocycles. The van der Waals surface area contributed by atoms with Gasteiger partial charge in [-0.2, -0.15) is 0 Å². The van der Waals surface area contributed by atoms with Crippen molar-refractivity contribution in [1.29, 1.82) is 0 Å². The Morgan fingerprint density at radius 2 is 1.50 bits per heavy atom. The van der Waals surface area contributed by atoms with E-state index in [0.717, 1.165) is 24.1 Å². The molecule has 5 rings (SSSR count). The van der Waals surface area contributed by atoms with Gasteiger partial charge in [-0.15, -0.1) is 0 Å². The van der Waals surface area contributed by atoms with E-state index in [1.165, 1.54) is 4.90 Å². The number of carbonyl (C=O) groups is 2. The zero-order chi connectivity index (χ0) is 25.1. The zero-order valence-electron chi connectivity index (χ0n) is 20.5. The van der Waals surface area contributed by atoms with Crippen molar-refractivity contribution in [1.82, 2.24) is 0 Å². The van der Waals surface area contributed by atoms with Gasteiger partial charge in [0.2, 0.25) is 5.91 Å². The van der Waals surface area contributed by atoms with Crippen LogP contribution in [-0.4, -0.2) is 31.1 Å². The largest absolute Gasteiger partial charge is 0.490 e. The van der Waals surface area contributed by atoms with E-state index in [-0.39, 0.29) is 11.8 Å². The number of benzene rings is 3. The monoisotopic (exact) mass is 486 g/mol. The smallest absolute Gasteiger partial charge is 0.266 e. The number of hydrogen-bond acceptors (Lipinski definition) is 6. The van der Waals surface area contributed by atoms with E-state index in [9.17, 15) is 9.59 Å². The first-order chi connectivity index (χ1) is 17.6. The van der Waals surface area contributed by atoms with Crippen LogP contribution in [0.15, 0.2) is 78.9 Å². The molecule has 2 amide bonds. The number of rotatable bonds is 9. The van der Waals surface area contributed by atoms with Crippen LogP contribution in [0.25, 0.3) is 0 Å². The summed E-state index contributed by atoms with van der Waals surface area (Å²) in [5, 5.41) is 1.69. The van der Waals surface area contributed by atoms with E-state index in [0.29, 0.717) is 30.4 Å². The van der Waals surface area contributed by atoms with Crippen molar-refractivity contribution in [2.24, 2.45) is 5.92 Å². The lowest BCUT2D eigenvalue weighted by Gasteiger charge is -2.29. The van der Waals surface area contributed by atoms with Crippen LogP contribution < -0.4 is 19.4 Å². The van der Waals surface area contributed by atoms with E-state index in [4.69, 9.17) is 14.3 Å². The summed E-state index contributed by atoms with van der Waals surface area (Å²) in [5.41, 5.74) is 2.13. The predicted octanol–water partition coefficient (Wildman–Crippen LogP) is 5.32. The Morgan fingerprint density at radius 3 is 2.17 bits per heavy atom. The van der Waals surface area contributed by atoms with Crippen molar-refractivity contribution in [3.63, 3.8) is 0 Å². The van der Waals surface area contributed by atoms with Crippen molar-refractivity contribution in [3.8, 4) is 11.5 Å². The zero-order valence-corrected chi connectivity index (χ0v) is 20.5. The van der Waals surface area contributed by atoms with Gasteiger partial charge >= 0.3 is 0 Å². The summed E-state index contributed by atoms with van der Waals surface area (Å²) in [4.78, 5) is 34.7. The normalized spacial score (nSPS) is 21.1. The minimum absolute atomic E-state index is 0.277. The van der Waals surface area contributed by atoms with Crippen LogP contribution in [0.4, 0.5) is 11.4 Å². The molecule has 0 bridgehead atoms. The molecule has 2 aliphatic rings. The van der Waals surface area contributed by atoms with Crippen LogP contribution in [-0.2, 0) is 14.4 Å². The molecule has 186 valence electrons. The molecule has 2 fully saturated rings. The van der Waals surface area contributed by atoms with Gasteiger partial charge in [0.25, 0.3) is 5.91 Å². The molecular formula is C29H30N2O5. The van der Waals surface area contributed by atoms with E-state index in [1.54, 1.807) is 17.2 Å². The molecule has 3 aromatic rings. The number of amides is 2. The number of imide groups is 1. The van der Waals surface area contributed by atoms with Crippen LogP contribution in [0.2, 0.25) is 0 Å². The van der Waals surface area contributed by atoms with E-state index < -0.39 is 18.1 Å². The molecule has 0 N–H and O–H groups in total. The van der Waals surface area contributed by atoms with Crippen LogP contribution in [0.5, 0.6) is 11.5 Å². The van der Waals surface area contributed by atoms with Crippen LogP contribution >= 0.6 is 0 Å². The lowest BCUT2D eigenvalue weighted by atomic mass is 9.90. The molecule has 3 atom stereocenters. The number of anilines is 2. The van der Waals surface area contributed by atoms with Gasteiger partial charge in [-0.1, -0.05) is 55.8 Å². The molecule has 0 saturated carbocycles. The summed E-state index contributed by atoms with van der Waals surface area (Å²) >= 11 is 0. The molecule has 0 unspecified atom stereocenters. The van der Waals surface area contributed by atoms with Gasteiger partial charge < -0.3 is 9.47 Å². The quantitative estimate of drug-likeness (QED) is 0.301. The fourth-order valence-electron chi connectivity index (χ4n) is 4.81. The van der Waals surface area contributed by atoms with Crippen molar-refractivity contribution in [2.45, 2.75) is 38.8 Å². The molecule has 2 heterocycles. The maximum atomic E-state index is 13.8. The van der Waals surface area contributed by atoms with Gasteiger partial charge in [0, 0.05) is 0 Å². The molecule has 0 radical (unpaired) electrons. The fourth-order valence-corrected chi connectivity index (χ4v) is 4.81. The minimum Gasteiger partial charge on any atom is -0.490 e. The summed E-state index contributed by atoms with van der Waals surface area (Å²) in [7, 11) is 0. The molecule has 0 spiro atoms. The number of carbonyl (C=O) groups excluding carboxylic acids is 2. The topological polar surface area (TPSA) is 68.3 Å². The summed E-state index contributed by atoms with van der Waals surface area (Å²) < 4.78 is 11.9. The first kappa shape index (κ1) is 23.9. The first-order valence-electron chi connectivity index (χ1n) is 12.5. The molecule has 2 aliphatic heterocycles. The lowest BCUT2D eigenvalue weighted by Crippen LogP contribution is -2.37. The first-order valence-corrected chi connectivity index (χ1v) is 12.5. The standard InChI is InChI=1S/C29H30N2O5/c1-3-5-18-35-23-17-16-20(19-24(23)34-4-2)26-25-27(36-31(26)22-14-10-7-11-15-22)29(33)30(28(25)32)21-12-8-6-9-13-21/h6-17,19,25-27H,3-5,18H2,1-2H3/t25-,26+,27+/m1/s1. The molecule has 0 aromatic heterocycles. The highest BCUT2D eigenvalue weighted by Crippen LogP contribution is 2.48. The summed E-state index contributed by atoms with van der Waals surface area (Å²) in [5.74, 6) is -0.0703. The highest BCUT2D eigenvalue weighted by Gasteiger charge is 2.60. The van der Waals surface area contributed by atoms with Crippen molar-refractivity contribution >= 4 is 23.2 Å². The second-order valence-electron chi connectivity index (χ2n) is 8.85. The molecule has 2 saturated heterocycles. The maximum Gasteiger partial charge on any atom is 0.266 e. The van der Waals surface area contributed by atoms with Gasteiger partial charge in [0.1, 0.15) is 5.92 Å². The van der Waals surface area contributed by atoms with Gasteiger partial charge in [0.15, 0.2) is 17.6 Å². The molecule has 7 nitrogen and oxygen atoms in total. The Bertz CT molecular complexity index is 1220. The van der Waals surface area contributed by atoms with Crippen LogP contribution in [0, 0.1) is 5.92 Å². The van der Waals surface area contributed by atoms with Crippen molar-refractivity contribution in [2.75, 3.05) is 23.2 Å². The Morgan fingerprint density at radius 1 is 0.806 bits per heavy atom. The second-order valence-corrected chi connectivity index (χ2v) is 8.85. The number of fused-ring (bicyclic) bond motifs is 1. The Labute approximate surface area is 211 Å². The third-order valence-corrected chi connectivity index (χ3v) is 6.51. The van der Waals surface area contributed by atoms with E-state index in [1.807, 2.05) is 73.7 Å². The van der Waals surface area contributed by atoms with Gasteiger partial charge in [0.05, 0.1) is 30.6 Å². The summed E-state index contributed by atoms with van der Waals surface area (Å²) in [6, 6.07) is 23.7. The fraction of sp³-hybridized carbons (Fsp3) is 0.310. The third kappa shape index (κ3) is 4.31. The second kappa shape index (κ2) is 10.4. The lowest BCUT2D eigenvalue weighted by molar-refractivity contribution is -0.126. The van der Waals surface area contributed by atoms with E-state index >= 15 is 0 Å². The SMILES string of the molecule is CCCCOc1ccc([C@H]2[C@H]3C(=O)N(c4ccccc4)C(=O)[C@H]3ON2c2ccccc2)cc1OCC. The Kier molecular flexibility index (Phi) is 6.91. The van der Waals surface area contributed by atoms with Crippen LogP contribution in [0.1, 0.15) is 38.3 Å². The third-order valence-electron chi connectivity index (χ3n) is 6.51. The van der Waals surface area contributed by atoms with E-state index in [2.05, 4.69) is 6.92 Å². The molecule has 7 heteroatoms. The Balaban J connectivity index is 1.55. The highest BCUT2D eigenvalue weighted by atomic mass is 16.7. The molecule has 0 aliphatic carbocycles. The number of hydrogen-bond donors (Lipinski definition) is 0. The van der Waals surface area contributed by atoms with Crippen molar-refractivity contribution in [3.05, 3.63) is 84.4 Å². The molecule has 36 heavy (non-hydrogen) atoms. The van der Waals surface area contributed by atoms with Crippen LogP contribution in [0.3, 0.4) is 0 Å². The number of ether oxygens (including phenoxy) is 2. The maximum absolute atomic E-state index is 13.8. The number of nitrogens with zero attached hydrogens (tertiary/aromatic N) is 2. The van der Waals surface area contributed by atoms with Gasteiger partial charge in [-0.25, -0.2) is 9.96 Å². The summed E-state index contributed by atoms with van der Waals surface area (Å²) in [6.07, 6.45) is 1.06. The average molecular weight is 487 g/mol. The summed E-state index contributed by atoms with van der Waals surface area (Å²) in [6.45, 7) is 5.11.